The molecule has 4 nitrogen and oxygen atoms in total. The molecule has 0 aromatic heterocycles. The van der Waals surface area contributed by atoms with Gasteiger partial charge in [0.05, 0.1) is 17.6 Å². The number of aryl methyl sites for hydroxylation is 7. The van der Waals surface area contributed by atoms with E-state index in [0.717, 1.165) is 34.0 Å². The second-order valence-electron chi connectivity index (χ2n) is 28.3. The van der Waals surface area contributed by atoms with Crippen molar-refractivity contribution in [2.24, 2.45) is 0 Å². The molecule has 9 heteroatoms. The first-order valence-corrected chi connectivity index (χ1v) is 35.4. The summed E-state index contributed by atoms with van der Waals surface area (Å²) in [5, 5.41) is 11.2. The molecule has 0 saturated heterocycles. The highest BCUT2D eigenvalue weighted by Gasteiger charge is 2.30. The van der Waals surface area contributed by atoms with E-state index in [2.05, 4.69) is 249 Å². The summed E-state index contributed by atoms with van der Waals surface area (Å²) in [7, 11) is 1.68. The summed E-state index contributed by atoms with van der Waals surface area (Å²) in [4.78, 5) is 10.0. The number of hydrogen-bond donors (Lipinski definition) is 0. The van der Waals surface area contributed by atoms with Crippen LogP contribution in [0.5, 0.6) is 5.75 Å². The average Bonchev–Trinajstić information content (AvgIpc) is 0.869. The molecular formula is C90H120ClF4NO3. The predicted octanol–water partition coefficient (Wildman–Crippen LogP) is 29.2. The molecule has 538 valence electrons. The Kier molecular flexibility index (Phi) is 41.2. The number of nitro benzene ring substituents is 1. The number of rotatable bonds is 11. The van der Waals surface area contributed by atoms with Crippen LogP contribution in [0.25, 0.3) is 0 Å². The molecule has 9 rings (SSSR count). The molecule has 0 bridgehead atoms. The molecule has 0 radical (unpaired) electrons. The molecule has 0 fully saturated rings. The van der Waals surface area contributed by atoms with Gasteiger partial charge in [0, 0.05) is 17.2 Å². The van der Waals surface area contributed by atoms with Gasteiger partial charge in [-0.1, -0.05) is 304 Å². The van der Waals surface area contributed by atoms with E-state index in [-0.39, 0.29) is 22.3 Å². The normalized spacial score (nSPS) is 10.7. The number of alkyl halides is 3. The first kappa shape index (κ1) is 89.2. The van der Waals surface area contributed by atoms with E-state index >= 15 is 0 Å². The van der Waals surface area contributed by atoms with Gasteiger partial charge in [-0.3, -0.25) is 10.1 Å². The van der Waals surface area contributed by atoms with E-state index in [1.807, 2.05) is 70.2 Å². The number of ether oxygens (including phenoxy) is 1. The molecule has 99 heavy (non-hydrogen) atoms. The largest absolute Gasteiger partial charge is 0.497 e. The number of benzene rings is 9. The molecule has 0 aliphatic carbocycles. The second kappa shape index (κ2) is 45.8. The van der Waals surface area contributed by atoms with Gasteiger partial charge in [-0.25, -0.2) is 4.39 Å². The summed E-state index contributed by atoms with van der Waals surface area (Å²) in [6, 6.07) is 63.5. The number of methoxy groups -OCH3 is 1. The van der Waals surface area contributed by atoms with Gasteiger partial charge >= 0.3 is 6.18 Å². The minimum Gasteiger partial charge on any atom is -0.497 e. The first-order valence-electron chi connectivity index (χ1n) is 35.0. The van der Waals surface area contributed by atoms with Gasteiger partial charge in [-0.2, -0.15) is 13.2 Å². The molecule has 9 aromatic rings. The number of nitrogens with zero attached hydrogens (tertiary/aromatic N) is 1. The fourth-order valence-corrected chi connectivity index (χ4v) is 10.3. The molecular weight excluding hydrogens is 1250 g/mol. The molecule has 0 atom stereocenters. The van der Waals surface area contributed by atoms with Gasteiger partial charge in [0.1, 0.15) is 11.6 Å². The van der Waals surface area contributed by atoms with Crippen molar-refractivity contribution < 1.29 is 27.2 Å². The van der Waals surface area contributed by atoms with E-state index in [4.69, 9.17) is 16.3 Å². The maximum Gasteiger partial charge on any atom is 0.416 e. The minimum absolute atomic E-state index is 0.163. The zero-order chi connectivity index (χ0) is 75.4. The smallest absolute Gasteiger partial charge is 0.416 e. The van der Waals surface area contributed by atoms with E-state index in [1.165, 1.54) is 108 Å². The molecule has 0 heterocycles. The molecule has 0 amide bonds. The number of nitro groups is 1. The number of hydrogen-bond acceptors (Lipinski definition) is 3. The summed E-state index contributed by atoms with van der Waals surface area (Å²) in [6.45, 7) is 53.7. The lowest BCUT2D eigenvalue weighted by molar-refractivity contribution is -0.384. The molecule has 0 aliphatic rings. The zero-order valence-corrected chi connectivity index (χ0v) is 65.6. The van der Waals surface area contributed by atoms with E-state index in [0.29, 0.717) is 47.3 Å². The van der Waals surface area contributed by atoms with Crippen molar-refractivity contribution in [3.8, 4) is 5.75 Å². The summed E-state index contributed by atoms with van der Waals surface area (Å²) < 4.78 is 53.8. The number of non-ortho nitro benzene ring substituents is 1. The van der Waals surface area contributed by atoms with Crippen LogP contribution in [0.1, 0.15) is 272 Å². The van der Waals surface area contributed by atoms with Crippen LogP contribution in [-0.4, -0.2) is 12.0 Å². The zero-order valence-electron chi connectivity index (χ0n) is 64.8. The Hall–Kier alpha value is -7.81. The predicted molar refractivity (Wildman–Crippen MR) is 421 cm³/mol. The van der Waals surface area contributed by atoms with E-state index in [1.54, 1.807) is 19.2 Å². The average molecular weight is 1380 g/mol. The quantitative estimate of drug-likeness (QED) is 0.0737. The van der Waals surface area contributed by atoms with Gasteiger partial charge in [0.2, 0.25) is 0 Å². The molecule has 0 aliphatic heterocycles. The van der Waals surface area contributed by atoms with Crippen LogP contribution < -0.4 is 4.74 Å². The van der Waals surface area contributed by atoms with Crippen LogP contribution in [0.15, 0.2) is 200 Å². The van der Waals surface area contributed by atoms with Crippen molar-refractivity contribution in [2.45, 2.75) is 233 Å². The lowest BCUT2D eigenvalue weighted by Gasteiger charge is -2.14. The van der Waals surface area contributed by atoms with Crippen LogP contribution in [-0.2, 0) is 6.18 Å². The lowest BCUT2D eigenvalue weighted by Crippen LogP contribution is -2.04. The van der Waals surface area contributed by atoms with Gasteiger partial charge < -0.3 is 4.74 Å². The third kappa shape index (κ3) is 36.7. The van der Waals surface area contributed by atoms with Crippen LogP contribution in [0.2, 0.25) is 5.02 Å². The van der Waals surface area contributed by atoms with E-state index < -0.39 is 11.7 Å². The minimum atomic E-state index is -4.23. The highest BCUT2D eigenvalue weighted by atomic mass is 35.5. The molecule has 0 unspecified atom stereocenters. The monoisotopic (exact) mass is 1370 g/mol. The van der Waals surface area contributed by atoms with Crippen molar-refractivity contribution in [1.82, 2.24) is 0 Å². The Morgan fingerprint density at radius 3 is 1.01 bits per heavy atom. The fourth-order valence-electron chi connectivity index (χ4n) is 10.2. The molecule has 0 saturated carbocycles. The first-order chi connectivity index (χ1) is 46.2. The van der Waals surface area contributed by atoms with Gasteiger partial charge in [0.25, 0.3) is 5.69 Å². The second-order valence-corrected chi connectivity index (χ2v) is 28.7. The SMILES string of the molecule is CC(C)c1ccc(C(F)(F)F)cc1.CC(C)c1ccc(Cl)cc1.CC(C)c1ccc(F)cc1.CC(C)c1cccc([N+](=O)[O-])c1.COc1ccc(C(C)C)cc1.Cc1cc(C)c(C(C)C)c(C)c1.Cc1cc(C)cc(C(C)C)c1.Cc1ccc(C(C)C)cc1.Cc1cccc(C(C)C)c1. The van der Waals surface area contributed by atoms with Crippen molar-refractivity contribution in [3.05, 3.63) is 316 Å². The van der Waals surface area contributed by atoms with Crippen LogP contribution >= 0.6 is 11.6 Å². The molecule has 9 aromatic carbocycles. The topological polar surface area (TPSA) is 52.4 Å². The number of halogens is 5. The Morgan fingerprint density at radius 2 is 0.677 bits per heavy atom. The molecule has 0 N–H and O–H groups in total. The Balaban J connectivity index is 0.000000558. The van der Waals surface area contributed by atoms with Crippen molar-refractivity contribution in [1.29, 1.82) is 0 Å². The van der Waals surface area contributed by atoms with Gasteiger partial charge in [0.15, 0.2) is 0 Å². The Bertz CT molecular complexity index is 3510. The van der Waals surface area contributed by atoms with E-state index in [9.17, 15) is 27.7 Å². The summed E-state index contributed by atoms with van der Waals surface area (Å²) >= 11 is 5.72. The lowest BCUT2D eigenvalue weighted by atomic mass is 9.92. The Morgan fingerprint density at radius 1 is 0.354 bits per heavy atom. The molecule has 0 spiro atoms. The highest BCUT2D eigenvalue weighted by Crippen LogP contribution is 2.31. The highest BCUT2D eigenvalue weighted by molar-refractivity contribution is 6.30. The van der Waals surface area contributed by atoms with Crippen molar-refractivity contribution in [3.63, 3.8) is 0 Å². The third-order valence-corrected chi connectivity index (χ3v) is 16.4. The van der Waals surface area contributed by atoms with Crippen LogP contribution in [0.3, 0.4) is 0 Å². The summed E-state index contributed by atoms with van der Waals surface area (Å²) in [5.41, 5.74) is 20.9. The van der Waals surface area contributed by atoms with Crippen LogP contribution in [0.4, 0.5) is 23.2 Å². The Labute approximate surface area is 602 Å². The van der Waals surface area contributed by atoms with Crippen LogP contribution in [0, 0.1) is 64.4 Å². The van der Waals surface area contributed by atoms with Crippen molar-refractivity contribution >= 4 is 17.3 Å². The third-order valence-electron chi connectivity index (χ3n) is 16.2. The maximum atomic E-state index is 12.4. The summed E-state index contributed by atoms with van der Waals surface area (Å²) in [5.74, 6) is 5.64. The maximum absolute atomic E-state index is 12.4. The fraction of sp³-hybridized carbons (Fsp3) is 0.400. The van der Waals surface area contributed by atoms with Gasteiger partial charge in [-0.05, 0) is 211 Å². The summed E-state index contributed by atoms with van der Waals surface area (Å²) in [6.07, 6.45) is -4.23. The standard InChI is InChI=1S/C12H18.C11H16.C10H11F3.C10H14O.2C10H14.C9H11Cl.C9H11F.C9H11NO2/c1-8(2)12-10(4)6-9(3)7-11(12)5;1-8(2)11-6-9(3)5-10(4)7-11;1-7(2)8-3-5-9(6-4-8)10(11,12)13;1-8(2)9-4-6-10(11-3)7-5-9;1-8(2)10-6-4-9(3)5-7-10;1-8(2)10-6-4-5-9(3)7-10;2*1-7(2)8-3-5-9(10)6-4-8;1-7(2)8-4-3-5-9(6-8)10(11)12/h6-8H,1-5H3;5-8H,1-4H3;3-7H,1-2H3;4-8H,1-3H3;2*4-8H,1-3H3;2*3-7H,1-2H3;3-7H,1-2H3. The van der Waals surface area contributed by atoms with Gasteiger partial charge in [-0.15, -0.1) is 0 Å². The van der Waals surface area contributed by atoms with Crippen molar-refractivity contribution in [2.75, 3.05) is 7.11 Å².